The van der Waals surface area contributed by atoms with Crippen LogP contribution in [0, 0.1) is 5.92 Å². The van der Waals surface area contributed by atoms with Gasteiger partial charge in [0.1, 0.15) is 0 Å². The van der Waals surface area contributed by atoms with E-state index in [0.29, 0.717) is 11.0 Å². The van der Waals surface area contributed by atoms with Crippen molar-refractivity contribution in [3.8, 4) is 0 Å². The molecule has 0 N–H and O–H groups in total. The predicted octanol–water partition coefficient (Wildman–Crippen LogP) is 3.18. The zero-order valence-corrected chi connectivity index (χ0v) is 10.7. The monoisotopic (exact) mass is 298 g/mol. The number of hydrogen-bond acceptors (Lipinski definition) is 2. The van der Waals surface area contributed by atoms with Gasteiger partial charge in [-0.1, -0.05) is 49.3 Å². The Morgan fingerprint density at radius 1 is 1.38 bits per heavy atom. The fraction of sp³-hybridized carbons (Fsp3) is 0.900. The molecule has 2 nitrogen and oxygen atoms in total. The van der Waals surface area contributed by atoms with Crippen LogP contribution in [0.5, 0.6) is 0 Å². The van der Waals surface area contributed by atoms with Crippen LogP contribution in [0.15, 0.2) is 0 Å². The fourth-order valence-corrected chi connectivity index (χ4v) is 1.51. The van der Waals surface area contributed by atoms with Crippen molar-refractivity contribution >= 4 is 28.6 Å². The Hall–Kier alpha value is 0.200. The van der Waals surface area contributed by atoms with E-state index in [9.17, 15) is 4.79 Å². The molecule has 0 saturated carbocycles. The van der Waals surface area contributed by atoms with Crippen LogP contribution in [0.3, 0.4) is 0 Å². The van der Waals surface area contributed by atoms with Crippen molar-refractivity contribution in [3.63, 3.8) is 0 Å². The van der Waals surface area contributed by atoms with Crippen LogP contribution in [0.4, 0.5) is 0 Å². The summed E-state index contributed by atoms with van der Waals surface area (Å²) >= 11 is 2.02. The van der Waals surface area contributed by atoms with E-state index >= 15 is 0 Å². The number of ether oxygens (including phenoxy) is 1. The Morgan fingerprint density at radius 2 is 2.00 bits per heavy atom. The summed E-state index contributed by atoms with van der Waals surface area (Å²) in [6.07, 6.45) is 4.66. The predicted molar refractivity (Wildman–Crippen MR) is 63.2 cm³/mol. The van der Waals surface area contributed by atoms with E-state index in [2.05, 4.69) is 13.8 Å². The summed E-state index contributed by atoms with van der Waals surface area (Å²) in [6.45, 7) is 5.02. The standard InChI is InChI=1S/C10H19IO2/c1-3-9(4-2)6-5-7-13-10(12)8-11/h9H,3-8H2,1-2H3. The first-order valence-electron chi connectivity index (χ1n) is 4.96. The van der Waals surface area contributed by atoms with Crippen LogP contribution in [0.2, 0.25) is 0 Å². The summed E-state index contributed by atoms with van der Waals surface area (Å²) in [6, 6.07) is 0. The number of alkyl halides is 1. The maximum absolute atomic E-state index is 10.8. The van der Waals surface area contributed by atoms with Gasteiger partial charge in [-0.2, -0.15) is 0 Å². The van der Waals surface area contributed by atoms with Gasteiger partial charge in [-0.25, -0.2) is 0 Å². The van der Waals surface area contributed by atoms with Crippen molar-refractivity contribution in [2.24, 2.45) is 5.92 Å². The Morgan fingerprint density at radius 3 is 2.46 bits per heavy atom. The van der Waals surface area contributed by atoms with Crippen molar-refractivity contribution in [1.82, 2.24) is 0 Å². The molecule has 0 amide bonds. The first-order chi connectivity index (χ1) is 6.24. The van der Waals surface area contributed by atoms with E-state index in [-0.39, 0.29) is 5.97 Å². The lowest BCUT2D eigenvalue weighted by atomic mass is 9.98. The molecule has 0 radical (unpaired) electrons. The van der Waals surface area contributed by atoms with E-state index in [1.807, 2.05) is 22.6 Å². The minimum absolute atomic E-state index is 0.0925. The Kier molecular flexibility index (Phi) is 8.92. The van der Waals surface area contributed by atoms with Gasteiger partial charge in [0.2, 0.25) is 0 Å². The topological polar surface area (TPSA) is 26.3 Å². The third-order valence-electron chi connectivity index (χ3n) is 2.28. The summed E-state index contributed by atoms with van der Waals surface area (Å²) in [5, 5.41) is 0. The number of halogens is 1. The Bertz CT molecular complexity index is 133. The third-order valence-corrected chi connectivity index (χ3v) is 2.91. The molecule has 0 aliphatic rings. The molecule has 0 aliphatic carbocycles. The van der Waals surface area contributed by atoms with Gasteiger partial charge in [-0.05, 0) is 18.8 Å². The zero-order valence-electron chi connectivity index (χ0n) is 8.51. The molecule has 78 valence electrons. The molecule has 0 atom stereocenters. The van der Waals surface area contributed by atoms with Crippen molar-refractivity contribution < 1.29 is 9.53 Å². The molecule has 0 unspecified atom stereocenters. The van der Waals surface area contributed by atoms with Gasteiger partial charge in [0, 0.05) is 0 Å². The first-order valence-corrected chi connectivity index (χ1v) is 6.48. The summed E-state index contributed by atoms with van der Waals surface area (Å²) < 4.78 is 5.45. The van der Waals surface area contributed by atoms with Gasteiger partial charge < -0.3 is 4.74 Å². The highest BCUT2D eigenvalue weighted by molar-refractivity contribution is 14.1. The number of rotatable bonds is 7. The molecule has 0 aromatic carbocycles. The SMILES string of the molecule is CCC(CC)CCCOC(=O)CI. The second-order valence-corrected chi connectivity index (χ2v) is 3.94. The molecule has 3 heteroatoms. The summed E-state index contributed by atoms with van der Waals surface area (Å²) in [5.41, 5.74) is 0. The van der Waals surface area contributed by atoms with E-state index in [4.69, 9.17) is 4.74 Å². The van der Waals surface area contributed by atoms with Crippen LogP contribution >= 0.6 is 22.6 Å². The summed E-state index contributed by atoms with van der Waals surface area (Å²) in [4.78, 5) is 10.8. The molecule has 0 fully saturated rings. The van der Waals surface area contributed by atoms with Crippen molar-refractivity contribution in [2.45, 2.75) is 39.5 Å². The zero-order chi connectivity index (χ0) is 10.1. The van der Waals surface area contributed by atoms with Crippen LogP contribution in [-0.2, 0) is 9.53 Å². The maximum Gasteiger partial charge on any atom is 0.315 e. The average molecular weight is 298 g/mol. The molecule has 0 spiro atoms. The van der Waals surface area contributed by atoms with Crippen LogP contribution in [0.1, 0.15) is 39.5 Å². The van der Waals surface area contributed by atoms with Gasteiger partial charge in [0.05, 0.1) is 11.0 Å². The van der Waals surface area contributed by atoms with Gasteiger partial charge in [0.25, 0.3) is 0 Å². The van der Waals surface area contributed by atoms with Gasteiger partial charge >= 0.3 is 5.97 Å². The quantitative estimate of drug-likeness (QED) is 0.312. The summed E-state index contributed by atoms with van der Waals surface area (Å²) in [5.74, 6) is 0.712. The van der Waals surface area contributed by atoms with Crippen molar-refractivity contribution in [3.05, 3.63) is 0 Å². The lowest BCUT2D eigenvalue weighted by Gasteiger charge is -2.11. The summed E-state index contributed by atoms with van der Waals surface area (Å²) in [7, 11) is 0. The number of esters is 1. The number of hydrogen-bond donors (Lipinski definition) is 0. The first kappa shape index (κ1) is 13.2. The molecule has 13 heavy (non-hydrogen) atoms. The van der Waals surface area contributed by atoms with E-state index in [1.165, 1.54) is 19.3 Å². The van der Waals surface area contributed by atoms with Gasteiger partial charge in [0.15, 0.2) is 0 Å². The highest BCUT2D eigenvalue weighted by Crippen LogP contribution is 2.14. The molecule has 0 rings (SSSR count). The van der Waals surface area contributed by atoms with Gasteiger partial charge in [-0.15, -0.1) is 0 Å². The maximum atomic E-state index is 10.8. The third kappa shape index (κ3) is 7.28. The van der Waals surface area contributed by atoms with E-state index < -0.39 is 0 Å². The lowest BCUT2D eigenvalue weighted by Crippen LogP contribution is -2.07. The van der Waals surface area contributed by atoms with Crippen LogP contribution in [0.25, 0.3) is 0 Å². The molecule has 0 heterocycles. The van der Waals surface area contributed by atoms with E-state index in [1.54, 1.807) is 0 Å². The normalized spacial score (nSPS) is 10.5. The fourth-order valence-electron chi connectivity index (χ4n) is 1.29. The van der Waals surface area contributed by atoms with Gasteiger partial charge in [-0.3, -0.25) is 4.79 Å². The average Bonchev–Trinajstić information content (AvgIpc) is 2.18. The van der Waals surface area contributed by atoms with Crippen LogP contribution in [-0.4, -0.2) is 17.0 Å². The molecular formula is C10H19IO2. The number of carbonyl (C=O) groups excluding carboxylic acids is 1. The molecule has 0 bridgehead atoms. The molecule has 0 aromatic rings. The Balaban J connectivity index is 3.28. The largest absolute Gasteiger partial charge is 0.465 e. The molecule has 0 aliphatic heterocycles. The van der Waals surface area contributed by atoms with E-state index in [0.717, 1.165) is 12.3 Å². The second-order valence-electron chi connectivity index (χ2n) is 3.18. The molecule has 0 saturated heterocycles. The van der Waals surface area contributed by atoms with Crippen LogP contribution < -0.4 is 0 Å². The minimum Gasteiger partial charge on any atom is -0.465 e. The Labute approximate surface area is 94.6 Å². The number of carbonyl (C=O) groups is 1. The highest BCUT2D eigenvalue weighted by atomic mass is 127. The molecular weight excluding hydrogens is 279 g/mol. The highest BCUT2D eigenvalue weighted by Gasteiger charge is 2.04. The van der Waals surface area contributed by atoms with Crippen molar-refractivity contribution in [2.75, 3.05) is 11.0 Å². The second kappa shape index (κ2) is 8.78. The minimum atomic E-state index is -0.0925. The van der Waals surface area contributed by atoms with Crippen molar-refractivity contribution in [1.29, 1.82) is 0 Å². The smallest absolute Gasteiger partial charge is 0.315 e. The molecule has 0 aromatic heterocycles. The lowest BCUT2D eigenvalue weighted by molar-refractivity contribution is -0.140.